The molecule has 1 heterocycles. The van der Waals surface area contributed by atoms with Crippen molar-refractivity contribution in [3.8, 4) is 11.5 Å². The van der Waals surface area contributed by atoms with Crippen molar-refractivity contribution in [2.45, 2.75) is 25.4 Å². The molecular formula is C19H22FNO2. The Morgan fingerprint density at radius 3 is 2.83 bits per heavy atom. The van der Waals surface area contributed by atoms with Crippen LogP contribution in [0.5, 0.6) is 11.5 Å². The quantitative estimate of drug-likeness (QED) is 0.908. The second kappa shape index (κ2) is 7.47. The number of rotatable bonds is 5. The topological polar surface area (TPSA) is 30.5 Å². The zero-order valence-corrected chi connectivity index (χ0v) is 13.3. The maximum Gasteiger partial charge on any atom is 0.161 e. The molecule has 0 aromatic heterocycles. The largest absolute Gasteiger partial charge is 0.493 e. The molecule has 23 heavy (non-hydrogen) atoms. The minimum atomic E-state index is -0.252. The van der Waals surface area contributed by atoms with Gasteiger partial charge in [-0.2, -0.15) is 0 Å². The molecular weight excluding hydrogens is 293 g/mol. The highest BCUT2D eigenvalue weighted by atomic mass is 19.1. The minimum absolute atomic E-state index is 0.252. The van der Waals surface area contributed by atoms with Crippen LogP contribution in [0.4, 0.5) is 4.39 Å². The average molecular weight is 315 g/mol. The van der Waals surface area contributed by atoms with E-state index in [1.54, 1.807) is 13.2 Å². The van der Waals surface area contributed by atoms with Crippen LogP contribution in [0.25, 0.3) is 0 Å². The van der Waals surface area contributed by atoms with Gasteiger partial charge in [0.2, 0.25) is 0 Å². The zero-order valence-electron chi connectivity index (χ0n) is 13.3. The average Bonchev–Trinajstić information content (AvgIpc) is 2.60. The molecule has 1 atom stereocenters. The van der Waals surface area contributed by atoms with Gasteiger partial charge in [0.1, 0.15) is 12.4 Å². The van der Waals surface area contributed by atoms with Gasteiger partial charge in [-0.15, -0.1) is 0 Å². The lowest BCUT2D eigenvalue weighted by Crippen LogP contribution is -2.28. The number of hydrogen-bond donors (Lipinski definition) is 1. The highest BCUT2D eigenvalue weighted by Gasteiger charge is 2.17. The number of ether oxygens (including phenoxy) is 2. The molecule has 1 aliphatic rings. The molecule has 0 amide bonds. The molecule has 0 bridgehead atoms. The van der Waals surface area contributed by atoms with Crippen molar-refractivity contribution < 1.29 is 13.9 Å². The molecule has 0 spiro atoms. The maximum atomic E-state index is 13.2. The van der Waals surface area contributed by atoms with Gasteiger partial charge in [0.15, 0.2) is 11.5 Å². The Bertz CT molecular complexity index is 654. The third-order valence-corrected chi connectivity index (χ3v) is 4.24. The van der Waals surface area contributed by atoms with Gasteiger partial charge in [-0.3, -0.25) is 0 Å². The van der Waals surface area contributed by atoms with E-state index < -0.39 is 0 Å². The summed E-state index contributed by atoms with van der Waals surface area (Å²) in [6.07, 6.45) is 2.39. The number of nitrogens with one attached hydrogen (secondary N) is 1. The molecule has 0 aliphatic carbocycles. The third kappa shape index (κ3) is 4.02. The summed E-state index contributed by atoms with van der Waals surface area (Å²) < 4.78 is 24.5. The van der Waals surface area contributed by atoms with Crippen molar-refractivity contribution in [3.05, 3.63) is 59.4 Å². The Balaban J connectivity index is 1.71. The van der Waals surface area contributed by atoms with Gasteiger partial charge < -0.3 is 14.8 Å². The predicted molar refractivity (Wildman–Crippen MR) is 88.6 cm³/mol. The molecule has 3 nitrogen and oxygen atoms in total. The van der Waals surface area contributed by atoms with E-state index in [4.69, 9.17) is 9.47 Å². The van der Waals surface area contributed by atoms with Crippen molar-refractivity contribution in [3.63, 3.8) is 0 Å². The van der Waals surface area contributed by atoms with E-state index in [0.29, 0.717) is 18.3 Å². The van der Waals surface area contributed by atoms with Gasteiger partial charge in [0, 0.05) is 6.54 Å². The first kappa shape index (κ1) is 15.8. The predicted octanol–water partition coefficient (Wildman–Crippen LogP) is 3.88. The summed E-state index contributed by atoms with van der Waals surface area (Å²) >= 11 is 0. The van der Waals surface area contributed by atoms with Gasteiger partial charge in [-0.05, 0) is 60.7 Å². The van der Waals surface area contributed by atoms with Gasteiger partial charge in [-0.1, -0.05) is 18.2 Å². The molecule has 1 N–H and O–H groups in total. The summed E-state index contributed by atoms with van der Waals surface area (Å²) in [7, 11) is 1.65. The molecule has 0 saturated carbocycles. The van der Waals surface area contributed by atoms with Crippen LogP contribution in [-0.4, -0.2) is 20.2 Å². The number of hydrogen-bond acceptors (Lipinski definition) is 3. The first-order chi connectivity index (χ1) is 11.3. The van der Waals surface area contributed by atoms with Crippen LogP contribution >= 0.6 is 0 Å². The van der Waals surface area contributed by atoms with Crippen LogP contribution in [0.1, 0.15) is 29.9 Å². The standard InChI is InChI=1S/C19H22FNO2/c1-22-19-11-15(16-5-3-9-21-12-16)7-8-18(19)23-13-14-4-2-6-17(20)10-14/h2,4,6-8,10-11,16,21H,3,5,9,12-13H2,1H3. The van der Waals surface area contributed by atoms with Crippen LogP contribution in [0.15, 0.2) is 42.5 Å². The lowest BCUT2D eigenvalue weighted by atomic mass is 9.91. The van der Waals surface area contributed by atoms with Gasteiger partial charge >= 0.3 is 0 Å². The minimum Gasteiger partial charge on any atom is -0.493 e. The van der Waals surface area contributed by atoms with E-state index in [-0.39, 0.29) is 5.82 Å². The Kier molecular flexibility index (Phi) is 5.13. The summed E-state index contributed by atoms with van der Waals surface area (Å²) in [5.74, 6) is 1.68. The van der Waals surface area contributed by atoms with Crippen molar-refractivity contribution in [2.75, 3.05) is 20.2 Å². The summed E-state index contributed by atoms with van der Waals surface area (Å²) in [5.41, 5.74) is 2.07. The summed E-state index contributed by atoms with van der Waals surface area (Å²) in [6.45, 7) is 2.42. The summed E-state index contributed by atoms with van der Waals surface area (Å²) in [4.78, 5) is 0. The summed E-state index contributed by atoms with van der Waals surface area (Å²) in [6, 6.07) is 12.5. The highest BCUT2D eigenvalue weighted by Crippen LogP contribution is 2.33. The van der Waals surface area contributed by atoms with E-state index in [2.05, 4.69) is 17.4 Å². The van der Waals surface area contributed by atoms with Gasteiger partial charge in [0.25, 0.3) is 0 Å². The van der Waals surface area contributed by atoms with Crippen molar-refractivity contribution in [1.82, 2.24) is 5.32 Å². The normalized spacial score (nSPS) is 17.7. The molecule has 2 aromatic carbocycles. The molecule has 0 radical (unpaired) electrons. The van der Waals surface area contributed by atoms with Crippen LogP contribution in [-0.2, 0) is 6.61 Å². The monoisotopic (exact) mass is 315 g/mol. The maximum absolute atomic E-state index is 13.2. The zero-order chi connectivity index (χ0) is 16.1. The van der Waals surface area contributed by atoms with Gasteiger partial charge in [-0.25, -0.2) is 4.39 Å². The second-order valence-corrected chi connectivity index (χ2v) is 5.87. The van der Waals surface area contributed by atoms with Crippen molar-refractivity contribution in [1.29, 1.82) is 0 Å². The van der Waals surface area contributed by atoms with Crippen LogP contribution in [0, 0.1) is 5.82 Å². The van der Waals surface area contributed by atoms with E-state index in [1.165, 1.54) is 30.5 Å². The molecule has 2 aromatic rings. The molecule has 1 fully saturated rings. The van der Waals surface area contributed by atoms with E-state index in [0.717, 1.165) is 24.4 Å². The number of piperidine rings is 1. The molecule has 1 unspecified atom stereocenters. The number of benzene rings is 2. The number of methoxy groups -OCH3 is 1. The molecule has 4 heteroatoms. The molecule has 1 saturated heterocycles. The Hall–Kier alpha value is -2.07. The first-order valence-electron chi connectivity index (χ1n) is 8.02. The van der Waals surface area contributed by atoms with E-state index >= 15 is 0 Å². The van der Waals surface area contributed by atoms with Gasteiger partial charge in [0.05, 0.1) is 7.11 Å². The lowest BCUT2D eigenvalue weighted by Gasteiger charge is -2.24. The van der Waals surface area contributed by atoms with Crippen molar-refractivity contribution in [2.24, 2.45) is 0 Å². The smallest absolute Gasteiger partial charge is 0.161 e. The third-order valence-electron chi connectivity index (χ3n) is 4.24. The first-order valence-corrected chi connectivity index (χ1v) is 8.02. The number of halogens is 1. The highest BCUT2D eigenvalue weighted by molar-refractivity contribution is 5.44. The van der Waals surface area contributed by atoms with E-state index in [9.17, 15) is 4.39 Å². The molecule has 3 rings (SSSR count). The Morgan fingerprint density at radius 2 is 2.09 bits per heavy atom. The second-order valence-electron chi connectivity index (χ2n) is 5.87. The van der Waals surface area contributed by atoms with Crippen LogP contribution in [0.3, 0.4) is 0 Å². The fourth-order valence-electron chi connectivity index (χ4n) is 2.98. The molecule has 122 valence electrons. The van der Waals surface area contributed by atoms with Crippen LogP contribution < -0.4 is 14.8 Å². The Morgan fingerprint density at radius 1 is 1.17 bits per heavy atom. The Labute approximate surface area is 136 Å². The fourth-order valence-corrected chi connectivity index (χ4v) is 2.98. The van der Waals surface area contributed by atoms with E-state index in [1.807, 2.05) is 12.1 Å². The van der Waals surface area contributed by atoms with Crippen LogP contribution in [0.2, 0.25) is 0 Å². The SMILES string of the molecule is COc1cc(C2CCCNC2)ccc1OCc1cccc(F)c1. The lowest BCUT2D eigenvalue weighted by molar-refractivity contribution is 0.283. The fraction of sp³-hybridized carbons (Fsp3) is 0.368. The summed E-state index contributed by atoms with van der Waals surface area (Å²) in [5, 5.41) is 3.43. The molecule has 1 aliphatic heterocycles. The van der Waals surface area contributed by atoms with Crippen molar-refractivity contribution >= 4 is 0 Å².